The molecule has 7 nitrogen and oxygen atoms in total. The number of pyridine rings is 1. The standard InChI is InChI=1S/C27H35NO6S/c1-6-7-9-14-22(19(3)32-21-12-10-8-11-13-21)34-27(30)18(2)17-24(35)25-26(33-20(4)29)23(31-5)15-16-28-25/h8,10-13,15-16,18-19,22H,6-7,9,14,17H2,1-5H3/t18-,19-,22+/m1/s1. The van der Waals surface area contributed by atoms with Gasteiger partial charge in [0.2, 0.25) is 0 Å². The molecule has 1 heterocycles. The van der Waals surface area contributed by atoms with Crippen molar-refractivity contribution in [2.45, 2.75) is 72.0 Å². The van der Waals surface area contributed by atoms with Gasteiger partial charge in [-0.05, 0) is 38.3 Å². The molecule has 0 aliphatic heterocycles. The lowest BCUT2D eigenvalue weighted by Gasteiger charge is -2.26. The largest absolute Gasteiger partial charge is 0.493 e. The predicted octanol–water partition coefficient (Wildman–Crippen LogP) is 5.72. The molecule has 0 saturated carbocycles. The van der Waals surface area contributed by atoms with Crippen LogP contribution in [0.3, 0.4) is 0 Å². The fourth-order valence-electron chi connectivity index (χ4n) is 3.53. The monoisotopic (exact) mass is 501 g/mol. The minimum Gasteiger partial charge on any atom is -0.493 e. The first-order chi connectivity index (χ1) is 16.8. The number of nitrogens with zero attached hydrogens (tertiary/aromatic N) is 1. The number of hydrogen-bond acceptors (Lipinski definition) is 8. The molecule has 8 heteroatoms. The molecule has 3 atom stereocenters. The SMILES string of the molecule is CCCCC[C@H](OC(=O)[C@H](C)CC(=S)c1nccc(OC)c1OC(C)=O)[C@@H](C)Oc1ccccc1. The van der Waals surface area contributed by atoms with Crippen molar-refractivity contribution < 1.29 is 28.5 Å². The zero-order chi connectivity index (χ0) is 25.8. The second-order valence-electron chi connectivity index (χ2n) is 8.42. The number of carbonyl (C=O) groups is 2. The minimum absolute atomic E-state index is 0.149. The third kappa shape index (κ3) is 8.94. The van der Waals surface area contributed by atoms with Crippen LogP contribution < -0.4 is 14.2 Å². The van der Waals surface area contributed by atoms with E-state index >= 15 is 0 Å². The zero-order valence-electron chi connectivity index (χ0n) is 21.1. The van der Waals surface area contributed by atoms with Crippen molar-refractivity contribution in [1.29, 1.82) is 0 Å². The first kappa shape index (κ1) is 28.2. The van der Waals surface area contributed by atoms with Gasteiger partial charge in [-0.15, -0.1) is 0 Å². The summed E-state index contributed by atoms with van der Waals surface area (Å²) < 4.78 is 22.5. The molecule has 2 rings (SSSR count). The van der Waals surface area contributed by atoms with Crippen molar-refractivity contribution in [3.8, 4) is 17.2 Å². The molecule has 0 bridgehead atoms. The first-order valence-corrected chi connectivity index (χ1v) is 12.3. The number of unbranched alkanes of at least 4 members (excludes halogenated alkanes) is 2. The summed E-state index contributed by atoms with van der Waals surface area (Å²) in [4.78, 5) is 29.2. The lowest BCUT2D eigenvalue weighted by Crippen LogP contribution is -2.35. The van der Waals surface area contributed by atoms with Crippen molar-refractivity contribution >= 4 is 29.0 Å². The molecule has 0 unspecified atom stereocenters. The highest BCUT2D eigenvalue weighted by atomic mass is 32.1. The number of aromatic nitrogens is 1. The molecular weight excluding hydrogens is 466 g/mol. The highest BCUT2D eigenvalue weighted by Gasteiger charge is 2.28. The van der Waals surface area contributed by atoms with Crippen LogP contribution in [0.4, 0.5) is 0 Å². The second kappa shape index (κ2) is 14.4. The molecule has 0 aliphatic carbocycles. The normalized spacial score (nSPS) is 13.3. The van der Waals surface area contributed by atoms with Gasteiger partial charge in [-0.2, -0.15) is 0 Å². The third-order valence-electron chi connectivity index (χ3n) is 5.44. The van der Waals surface area contributed by atoms with Gasteiger partial charge < -0.3 is 18.9 Å². The fraction of sp³-hybridized carbons (Fsp3) is 0.481. The van der Waals surface area contributed by atoms with Gasteiger partial charge in [0.1, 0.15) is 23.7 Å². The summed E-state index contributed by atoms with van der Waals surface area (Å²) in [6.07, 6.45) is 4.77. The maximum atomic E-state index is 13.0. The van der Waals surface area contributed by atoms with Crippen LogP contribution in [0.2, 0.25) is 0 Å². The van der Waals surface area contributed by atoms with Crippen LogP contribution in [0.1, 0.15) is 65.5 Å². The van der Waals surface area contributed by atoms with Gasteiger partial charge in [0.25, 0.3) is 0 Å². The summed E-state index contributed by atoms with van der Waals surface area (Å²) in [5, 5.41) is 0. The summed E-state index contributed by atoms with van der Waals surface area (Å²) in [6.45, 7) is 7.09. The summed E-state index contributed by atoms with van der Waals surface area (Å²) in [6, 6.07) is 11.1. The van der Waals surface area contributed by atoms with Gasteiger partial charge in [0.15, 0.2) is 11.5 Å². The number of para-hydroxylation sites is 1. The van der Waals surface area contributed by atoms with E-state index in [0.29, 0.717) is 22.7 Å². The molecule has 1 aromatic carbocycles. The Kier molecular flexibility index (Phi) is 11.6. The minimum atomic E-state index is -0.529. The molecule has 0 radical (unpaired) electrons. The Morgan fingerprint density at radius 3 is 2.43 bits per heavy atom. The molecule has 0 amide bonds. The van der Waals surface area contributed by atoms with Crippen LogP contribution in [-0.4, -0.2) is 41.1 Å². The van der Waals surface area contributed by atoms with Gasteiger partial charge >= 0.3 is 11.9 Å². The van der Waals surface area contributed by atoms with Gasteiger partial charge in [-0.1, -0.05) is 57.1 Å². The van der Waals surface area contributed by atoms with E-state index in [1.54, 1.807) is 13.0 Å². The highest BCUT2D eigenvalue weighted by Crippen LogP contribution is 2.31. The van der Waals surface area contributed by atoms with Crippen LogP contribution in [-0.2, 0) is 14.3 Å². The Hall–Kier alpha value is -3.00. The lowest BCUT2D eigenvalue weighted by atomic mass is 10.0. The number of thiocarbonyl (C=S) groups is 1. The van der Waals surface area contributed by atoms with Crippen molar-refractivity contribution in [3.63, 3.8) is 0 Å². The zero-order valence-corrected chi connectivity index (χ0v) is 21.9. The summed E-state index contributed by atoms with van der Waals surface area (Å²) in [5.74, 6) is -0.198. The predicted molar refractivity (Wildman–Crippen MR) is 138 cm³/mol. The molecule has 190 valence electrons. The molecule has 0 fully saturated rings. The average Bonchev–Trinajstić information content (AvgIpc) is 2.83. The Morgan fingerprint density at radius 1 is 1.09 bits per heavy atom. The van der Waals surface area contributed by atoms with E-state index in [1.165, 1.54) is 20.2 Å². The Labute approximate surface area is 213 Å². The van der Waals surface area contributed by atoms with Gasteiger partial charge in [-0.25, -0.2) is 0 Å². The highest BCUT2D eigenvalue weighted by molar-refractivity contribution is 7.80. The first-order valence-electron chi connectivity index (χ1n) is 11.9. The summed E-state index contributed by atoms with van der Waals surface area (Å²) in [7, 11) is 1.46. The van der Waals surface area contributed by atoms with E-state index in [0.717, 1.165) is 25.0 Å². The van der Waals surface area contributed by atoms with E-state index < -0.39 is 18.0 Å². The van der Waals surface area contributed by atoms with E-state index in [1.807, 2.05) is 37.3 Å². The summed E-state index contributed by atoms with van der Waals surface area (Å²) >= 11 is 5.56. The van der Waals surface area contributed by atoms with Crippen molar-refractivity contribution in [2.75, 3.05) is 7.11 Å². The topological polar surface area (TPSA) is 84.0 Å². The number of methoxy groups -OCH3 is 1. The number of rotatable bonds is 14. The molecule has 0 aliphatic rings. The van der Waals surface area contributed by atoms with Crippen molar-refractivity contribution in [1.82, 2.24) is 4.98 Å². The Morgan fingerprint density at radius 2 is 1.80 bits per heavy atom. The van der Waals surface area contributed by atoms with Gasteiger partial charge in [0, 0.05) is 24.1 Å². The van der Waals surface area contributed by atoms with Crippen LogP contribution in [0.25, 0.3) is 0 Å². The third-order valence-corrected chi connectivity index (χ3v) is 5.80. The molecule has 0 N–H and O–H groups in total. The van der Waals surface area contributed by atoms with Crippen LogP contribution in [0.15, 0.2) is 42.6 Å². The number of benzene rings is 1. The molecule has 0 saturated heterocycles. The molecular formula is C27H35NO6S. The van der Waals surface area contributed by atoms with E-state index in [2.05, 4.69) is 11.9 Å². The maximum absolute atomic E-state index is 13.0. The Bertz CT molecular complexity index is 981. The fourth-order valence-corrected chi connectivity index (χ4v) is 3.93. The second-order valence-corrected chi connectivity index (χ2v) is 8.91. The van der Waals surface area contributed by atoms with Crippen molar-refractivity contribution in [2.24, 2.45) is 5.92 Å². The number of hydrogen-bond donors (Lipinski definition) is 0. The summed E-state index contributed by atoms with van der Waals surface area (Å²) in [5.41, 5.74) is 0.300. The van der Waals surface area contributed by atoms with Crippen LogP contribution in [0, 0.1) is 5.92 Å². The van der Waals surface area contributed by atoms with E-state index in [4.69, 9.17) is 31.2 Å². The smallest absolute Gasteiger partial charge is 0.309 e. The maximum Gasteiger partial charge on any atom is 0.309 e. The van der Waals surface area contributed by atoms with Crippen LogP contribution >= 0.6 is 12.2 Å². The Balaban J connectivity index is 2.10. The molecule has 2 aromatic rings. The molecule has 0 spiro atoms. The van der Waals surface area contributed by atoms with E-state index in [-0.39, 0.29) is 24.2 Å². The average molecular weight is 502 g/mol. The quantitative estimate of drug-likeness (QED) is 0.141. The van der Waals surface area contributed by atoms with E-state index in [9.17, 15) is 9.59 Å². The number of ether oxygens (including phenoxy) is 4. The molecule has 35 heavy (non-hydrogen) atoms. The number of esters is 2. The van der Waals surface area contributed by atoms with Crippen molar-refractivity contribution in [3.05, 3.63) is 48.3 Å². The van der Waals surface area contributed by atoms with Gasteiger partial charge in [-0.3, -0.25) is 14.6 Å². The lowest BCUT2D eigenvalue weighted by molar-refractivity contribution is -0.158. The number of carbonyl (C=O) groups excluding carboxylic acids is 2. The molecule has 1 aromatic heterocycles. The van der Waals surface area contributed by atoms with Gasteiger partial charge in [0.05, 0.1) is 13.0 Å². The van der Waals surface area contributed by atoms with Crippen LogP contribution in [0.5, 0.6) is 17.2 Å².